The van der Waals surface area contributed by atoms with Gasteiger partial charge >= 0.3 is 14.4 Å². The first-order valence-corrected chi connectivity index (χ1v) is 13.2. The number of nitrogens with zero attached hydrogens (tertiary/aromatic N) is 3. The summed E-state index contributed by atoms with van der Waals surface area (Å²) in [5, 5.41) is 9.23. The zero-order valence-electron chi connectivity index (χ0n) is 20.0. The van der Waals surface area contributed by atoms with Crippen LogP contribution < -0.4 is 10.4 Å². The molecule has 0 saturated heterocycles. The Bertz CT molecular complexity index is 1170. The molecular formula is C25H31N3O6Si. The Morgan fingerprint density at radius 2 is 1.74 bits per heavy atom. The molecule has 0 unspecified atom stereocenters. The van der Waals surface area contributed by atoms with Crippen molar-refractivity contribution in [1.29, 1.82) is 0 Å². The Balaban J connectivity index is 1.57. The minimum Gasteiger partial charge on any atom is -0.487 e. The van der Waals surface area contributed by atoms with Crippen LogP contribution in [0.2, 0.25) is 6.04 Å². The van der Waals surface area contributed by atoms with E-state index in [1.807, 2.05) is 25.3 Å². The van der Waals surface area contributed by atoms with Crippen LogP contribution in [0.5, 0.6) is 5.75 Å². The number of hydrogen-bond acceptors (Lipinski definition) is 8. The van der Waals surface area contributed by atoms with Crippen LogP contribution in [0, 0.1) is 6.92 Å². The molecule has 0 aliphatic carbocycles. The molecule has 2 aromatic heterocycles. The maximum absolute atomic E-state index is 11.6. The van der Waals surface area contributed by atoms with Gasteiger partial charge in [0.2, 0.25) is 0 Å². The lowest BCUT2D eigenvalue weighted by atomic mass is 10.1. The van der Waals surface area contributed by atoms with Gasteiger partial charge < -0.3 is 22.4 Å². The fraction of sp³-hybridized carbons (Fsp3) is 0.320. The first-order chi connectivity index (χ1) is 17.0. The zero-order chi connectivity index (χ0) is 25.1. The van der Waals surface area contributed by atoms with E-state index in [1.165, 1.54) is 6.07 Å². The first-order valence-electron chi connectivity index (χ1n) is 11.3. The van der Waals surface area contributed by atoms with Gasteiger partial charge in [-0.2, -0.15) is 0 Å². The summed E-state index contributed by atoms with van der Waals surface area (Å²) in [5.74, 6) is 0.578. The number of benzene rings is 1. The van der Waals surface area contributed by atoms with Gasteiger partial charge in [0.1, 0.15) is 23.6 Å². The van der Waals surface area contributed by atoms with E-state index in [9.17, 15) is 4.79 Å². The SMILES string of the molecule is C=CCO[Si](CCCn1cc(COc2ccc3c(C)cc(=O)oc3c2)nn1)(OCC=C)OCC=C. The van der Waals surface area contributed by atoms with Crippen molar-refractivity contribution in [3.8, 4) is 5.75 Å². The van der Waals surface area contributed by atoms with Gasteiger partial charge in [0.05, 0.1) is 26.0 Å². The standard InChI is InChI=1S/C25H31N3O6Si/c1-5-12-31-35(32-13-6-2,33-14-7-3)15-8-11-28-18-21(26-27-28)19-30-22-9-10-23-20(4)16-25(29)34-24(23)17-22/h5-7,9-10,16-18H,1-3,8,11-15,19H2,4H3. The molecule has 0 amide bonds. The van der Waals surface area contributed by atoms with Crippen molar-refractivity contribution in [3.63, 3.8) is 0 Å². The average Bonchev–Trinajstić information content (AvgIpc) is 3.30. The van der Waals surface area contributed by atoms with E-state index in [2.05, 4.69) is 30.0 Å². The van der Waals surface area contributed by atoms with Gasteiger partial charge in [-0.3, -0.25) is 4.68 Å². The molecule has 0 bridgehead atoms. The molecule has 2 heterocycles. The van der Waals surface area contributed by atoms with E-state index < -0.39 is 8.80 Å². The minimum atomic E-state index is -2.93. The Labute approximate surface area is 205 Å². The van der Waals surface area contributed by atoms with E-state index in [0.29, 0.717) is 55.9 Å². The highest BCUT2D eigenvalue weighted by Gasteiger charge is 2.40. The van der Waals surface area contributed by atoms with Crippen LogP contribution in [-0.2, 0) is 26.4 Å². The van der Waals surface area contributed by atoms with E-state index in [1.54, 1.807) is 29.0 Å². The van der Waals surface area contributed by atoms with Crippen molar-refractivity contribution >= 4 is 19.8 Å². The Morgan fingerprint density at radius 3 is 2.40 bits per heavy atom. The highest BCUT2D eigenvalue weighted by molar-refractivity contribution is 6.60. The maximum atomic E-state index is 11.6. The fourth-order valence-electron chi connectivity index (χ4n) is 3.42. The molecule has 0 aliphatic heterocycles. The molecule has 3 rings (SSSR count). The molecule has 3 aromatic rings. The van der Waals surface area contributed by atoms with Gasteiger partial charge in [0, 0.05) is 30.1 Å². The van der Waals surface area contributed by atoms with Gasteiger partial charge in [-0.1, -0.05) is 23.4 Å². The lowest BCUT2D eigenvalue weighted by Gasteiger charge is -2.28. The van der Waals surface area contributed by atoms with Crippen LogP contribution in [-0.4, -0.2) is 43.6 Å². The maximum Gasteiger partial charge on any atom is 0.501 e. The second kappa shape index (κ2) is 13.0. The molecule has 10 heteroatoms. The molecule has 0 radical (unpaired) electrons. The van der Waals surface area contributed by atoms with E-state index in [4.69, 9.17) is 22.4 Å². The van der Waals surface area contributed by atoms with Crippen molar-refractivity contribution < 1.29 is 22.4 Å². The summed E-state index contributed by atoms with van der Waals surface area (Å²) >= 11 is 0. The smallest absolute Gasteiger partial charge is 0.487 e. The largest absolute Gasteiger partial charge is 0.501 e. The third-order valence-electron chi connectivity index (χ3n) is 5.03. The number of aromatic nitrogens is 3. The van der Waals surface area contributed by atoms with Gasteiger partial charge in [-0.05, 0) is 31.0 Å². The van der Waals surface area contributed by atoms with Crippen LogP contribution in [0.4, 0.5) is 0 Å². The third kappa shape index (κ3) is 7.59. The predicted molar refractivity (Wildman–Crippen MR) is 135 cm³/mol. The van der Waals surface area contributed by atoms with Crippen molar-refractivity contribution in [2.24, 2.45) is 0 Å². The lowest BCUT2D eigenvalue weighted by Crippen LogP contribution is -2.46. The molecule has 0 fully saturated rings. The molecule has 35 heavy (non-hydrogen) atoms. The topological polar surface area (TPSA) is 97.8 Å². The summed E-state index contributed by atoms with van der Waals surface area (Å²) in [6.45, 7) is 14.8. The number of hydrogen-bond donors (Lipinski definition) is 0. The Hall–Kier alpha value is -3.31. The van der Waals surface area contributed by atoms with Crippen LogP contribution >= 0.6 is 0 Å². The van der Waals surface area contributed by atoms with Gasteiger partial charge in [0.15, 0.2) is 0 Å². The van der Waals surface area contributed by atoms with Crippen LogP contribution in [0.25, 0.3) is 11.0 Å². The molecule has 0 N–H and O–H groups in total. The van der Waals surface area contributed by atoms with Crippen molar-refractivity contribution in [1.82, 2.24) is 15.0 Å². The Kier molecular flexibility index (Phi) is 9.73. The summed E-state index contributed by atoms with van der Waals surface area (Å²) in [7, 11) is -2.93. The van der Waals surface area contributed by atoms with Gasteiger partial charge in [0.25, 0.3) is 0 Å². The highest BCUT2D eigenvalue weighted by atomic mass is 28.4. The molecule has 0 saturated carbocycles. The molecule has 186 valence electrons. The highest BCUT2D eigenvalue weighted by Crippen LogP contribution is 2.23. The number of fused-ring (bicyclic) bond motifs is 1. The molecule has 0 atom stereocenters. The molecule has 9 nitrogen and oxygen atoms in total. The second-order valence-corrected chi connectivity index (χ2v) is 10.5. The molecule has 1 aromatic carbocycles. The molecular weight excluding hydrogens is 466 g/mol. The number of rotatable bonds is 16. The van der Waals surface area contributed by atoms with E-state index in [0.717, 1.165) is 10.9 Å². The fourth-order valence-corrected chi connectivity index (χ4v) is 5.81. The average molecular weight is 498 g/mol. The van der Waals surface area contributed by atoms with Crippen LogP contribution in [0.15, 0.2) is 77.6 Å². The molecule has 0 aliphatic rings. The summed E-state index contributed by atoms with van der Waals surface area (Å²) in [6.07, 6.45) is 7.55. The van der Waals surface area contributed by atoms with Gasteiger partial charge in [-0.15, -0.1) is 24.8 Å². The quantitative estimate of drug-likeness (QED) is 0.165. The lowest BCUT2D eigenvalue weighted by molar-refractivity contribution is 0.0851. The summed E-state index contributed by atoms with van der Waals surface area (Å²) in [6, 6.07) is 7.47. The third-order valence-corrected chi connectivity index (χ3v) is 7.81. The van der Waals surface area contributed by atoms with Crippen molar-refractivity contribution in [2.75, 3.05) is 19.8 Å². The van der Waals surface area contributed by atoms with Crippen molar-refractivity contribution in [3.05, 3.63) is 90.1 Å². The van der Waals surface area contributed by atoms with Gasteiger partial charge in [-0.25, -0.2) is 4.79 Å². The molecule has 0 spiro atoms. The Morgan fingerprint density at radius 1 is 1.06 bits per heavy atom. The van der Waals surface area contributed by atoms with Crippen molar-refractivity contribution in [2.45, 2.75) is 32.5 Å². The summed E-state index contributed by atoms with van der Waals surface area (Å²) < 4.78 is 30.7. The minimum absolute atomic E-state index is 0.230. The second-order valence-electron chi connectivity index (χ2n) is 7.75. The zero-order valence-corrected chi connectivity index (χ0v) is 21.0. The van der Waals surface area contributed by atoms with Crippen LogP contribution in [0.3, 0.4) is 0 Å². The number of ether oxygens (including phenoxy) is 1. The van der Waals surface area contributed by atoms with E-state index >= 15 is 0 Å². The normalized spacial score (nSPS) is 11.5. The summed E-state index contributed by atoms with van der Waals surface area (Å²) in [4.78, 5) is 11.6. The van der Waals surface area contributed by atoms with Crippen LogP contribution in [0.1, 0.15) is 17.7 Å². The van der Waals surface area contributed by atoms with E-state index in [-0.39, 0.29) is 12.2 Å². The predicted octanol–water partition coefficient (Wildman–Crippen LogP) is 4.21. The first kappa shape index (κ1) is 26.3. The number of aryl methyl sites for hydroxylation is 2. The summed E-state index contributed by atoms with van der Waals surface area (Å²) in [5.41, 5.74) is 1.63. The monoisotopic (exact) mass is 497 g/mol.